The van der Waals surface area contributed by atoms with Crippen LogP contribution in [0.3, 0.4) is 0 Å². The molecule has 2 aliphatic heterocycles. The van der Waals surface area contributed by atoms with Crippen molar-refractivity contribution in [2.45, 2.75) is 63.1 Å². The number of carbonyl (C=O) groups excluding carboxylic acids is 1. The Bertz CT molecular complexity index is 333. The molecule has 0 aromatic heterocycles. The van der Waals surface area contributed by atoms with Gasteiger partial charge in [0.25, 0.3) is 0 Å². The van der Waals surface area contributed by atoms with Crippen molar-refractivity contribution in [3.8, 4) is 0 Å². The average molecular weight is 265 g/mol. The first kappa shape index (κ1) is 13.4. The molecule has 0 aromatic rings. The van der Waals surface area contributed by atoms with Crippen LogP contribution in [0, 0.1) is 5.92 Å². The smallest absolute Gasteiger partial charge is 0.237 e. The van der Waals surface area contributed by atoms with E-state index in [1.807, 2.05) is 0 Å². The highest BCUT2D eigenvalue weighted by molar-refractivity contribution is 5.82. The van der Waals surface area contributed by atoms with E-state index < -0.39 is 0 Å². The zero-order valence-electron chi connectivity index (χ0n) is 12.0. The van der Waals surface area contributed by atoms with Gasteiger partial charge in [0.1, 0.15) is 0 Å². The van der Waals surface area contributed by atoms with Gasteiger partial charge in [0, 0.05) is 18.6 Å². The van der Waals surface area contributed by atoms with Crippen molar-refractivity contribution in [3.05, 3.63) is 0 Å². The molecule has 1 aliphatic carbocycles. The zero-order valence-corrected chi connectivity index (χ0v) is 12.0. The van der Waals surface area contributed by atoms with Crippen molar-refractivity contribution in [1.82, 2.24) is 15.5 Å². The van der Waals surface area contributed by atoms with Crippen molar-refractivity contribution in [2.24, 2.45) is 5.92 Å². The van der Waals surface area contributed by atoms with E-state index in [0.29, 0.717) is 12.1 Å². The molecule has 1 amide bonds. The average Bonchev–Trinajstić information content (AvgIpc) is 2.83. The molecule has 2 heterocycles. The summed E-state index contributed by atoms with van der Waals surface area (Å²) in [7, 11) is 2.12. The standard InChI is InChI=1S/C15H27N3O/c1-18-9-8-12(10-18)16-15(19)14-7-6-11-4-2-3-5-13(11)17-14/h11-14,17H,2-10H2,1H3,(H,16,19). The van der Waals surface area contributed by atoms with Crippen LogP contribution in [0.1, 0.15) is 44.9 Å². The molecule has 0 aromatic carbocycles. The molecule has 3 rings (SSSR count). The van der Waals surface area contributed by atoms with Crippen LogP contribution in [0.5, 0.6) is 0 Å². The van der Waals surface area contributed by atoms with Crippen LogP contribution in [0.4, 0.5) is 0 Å². The molecule has 0 spiro atoms. The topological polar surface area (TPSA) is 44.4 Å². The minimum atomic E-state index is 0.0604. The number of piperidine rings is 1. The number of fused-ring (bicyclic) bond motifs is 1. The second kappa shape index (κ2) is 5.80. The molecule has 0 radical (unpaired) electrons. The summed E-state index contributed by atoms with van der Waals surface area (Å²) in [5, 5.41) is 6.85. The Morgan fingerprint density at radius 1 is 1.16 bits per heavy atom. The summed E-state index contributed by atoms with van der Waals surface area (Å²) in [5.74, 6) is 1.07. The molecular weight excluding hydrogens is 238 g/mol. The van der Waals surface area contributed by atoms with Crippen molar-refractivity contribution in [2.75, 3.05) is 20.1 Å². The van der Waals surface area contributed by atoms with Gasteiger partial charge in [-0.3, -0.25) is 4.79 Å². The summed E-state index contributed by atoms with van der Waals surface area (Å²) in [6.45, 7) is 2.11. The number of rotatable bonds is 2. The Morgan fingerprint density at radius 3 is 2.79 bits per heavy atom. The van der Waals surface area contributed by atoms with E-state index in [4.69, 9.17) is 0 Å². The molecule has 108 valence electrons. The summed E-state index contributed by atoms with van der Waals surface area (Å²) in [4.78, 5) is 14.6. The van der Waals surface area contributed by atoms with Crippen molar-refractivity contribution in [3.63, 3.8) is 0 Å². The fourth-order valence-corrected chi connectivity index (χ4v) is 4.06. The Labute approximate surface area is 116 Å². The Kier molecular flexibility index (Phi) is 4.08. The van der Waals surface area contributed by atoms with Crippen LogP contribution in [0.15, 0.2) is 0 Å². The molecule has 2 N–H and O–H groups in total. The Hall–Kier alpha value is -0.610. The summed E-state index contributed by atoms with van der Waals surface area (Å²) in [6.07, 6.45) is 8.70. The SMILES string of the molecule is CN1CCC(NC(=O)C2CCC3CCCCC3N2)C1. The van der Waals surface area contributed by atoms with Crippen LogP contribution < -0.4 is 10.6 Å². The molecule has 3 aliphatic rings. The maximum Gasteiger partial charge on any atom is 0.237 e. The van der Waals surface area contributed by atoms with Gasteiger partial charge in [-0.2, -0.15) is 0 Å². The number of amides is 1. The summed E-state index contributed by atoms with van der Waals surface area (Å²) in [5.41, 5.74) is 0. The van der Waals surface area contributed by atoms with E-state index in [1.165, 1.54) is 32.1 Å². The van der Waals surface area contributed by atoms with Crippen LogP contribution in [-0.4, -0.2) is 49.1 Å². The minimum absolute atomic E-state index is 0.0604. The molecule has 4 heteroatoms. The van der Waals surface area contributed by atoms with Gasteiger partial charge >= 0.3 is 0 Å². The monoisotopic (exact) mass is 265 g/mol. The molecule has 19 heavy (non-hydrogen) atoms. The lowest BCUT2D eigenvalue weighted by Gasteiger charge is -2.40. The molecule has 3 fully saturated rings. The number of likely N-dealkylation sites (N-methyl/N-ethyl adjacent to an activating group) is 1. The highest BCUT2D eigenvalue weighted by atomic mass is 16.2. The second-order valence-electron chi connectivity index (χ2n) is 6.70. The van der Waals surface area contributed by atoms with E-state index in [-0.39, 0.29) is 11.9 Å². The fourth-order valence-electron chi connectivity index (χ4n) is 4.06. The van der Waals surface area contributed by atoms with E-state index >= 15 is 0 Å². The third-order valence-electron chi connectivity index (χ3n) is 5.20. The number of nitrogens with zero attached hydrogens (tertiary/aromatic N) is 1. The molecule has 1 saturated carbocycles. The predicted octanol–water partition coefficient (Wildman–Crippen LogP) is 1.12. The fraction of sp³-hybridized carbons (Fsp3) is 0.933. The Balaban J connectivity index is 1.50. The molecule has 4 unspecified atom stereocenters. The van der Waals surface area contributed by atoms with E-state index in [1.54, 1.807) is 0 Å². The molecular formula is C15H27N3O. The number of nitrogens with one attached hydrogen (secondary N) is 2. The quantitative estimate of drug-likeness (QED) is 0.786. The molecule has 4 atom stereocenters. The van der Waals surface area contributed by atoms with Gasteiger partial charge in [0.15, 0.2) is 0 Å². The zero-order chi connectivity index (χ0) is 13.2. The van der Waals surface area contributed by atoms with Crippen LogP contribution >= 0.6 is 0 Å². The van der Waals surface area contributed by atoms with Gasteiger partial charge in [-0.25, -0.2) is 0 Å². The third-order valence-corrected chi connectivity index (χ3v) is 5.20. The summed E-state index contributed by atoms with van der Waals surface area (Å²) < 4.78 is 0. The van der Waals surface area contributed by atoms with E-state index in [2.05, 4.69) is 22.6 Å². The maximum absolute atomic E-state index is 12.3. The maximum atomic E-state index is 12.3. The minimum Gasteiger partial charge on any atom is -0.351 e. The molecule has 0 bridgehead atoms. The molecule has 4 nitrogen and oxygen atoms in total. The van der Waals surface area contributed by atoms with E-state index in [9.17, 15) is 4.79 Å². The molecule has 2 saturated heterocycles. The number of hydrogen-bond donors (Lipinski definition) is 2. The van der Waals surface area contributed by atoms with Gasteiger partial charge < -0.3 is 15.5 Å². The van der Waals surface area contributed by atoms with Gasteiger partial charge in [-0.05, 0) is 51.6 Å². The van der Waals surface area contributed by atoms with Crippen LogP contribution in [0.25, 0.3) is 0 Å². The van der Waals surface area contributed by atoms with Gasteiger partial charge in [0.2, 0.25) is 5.91 Å². The van der Waals surface area contributed by atoms with Gasteiger partial charge in [-0.15, -0.1) is 0 Å². The number of carbonyl (C=O) groups is 1. The van der Waals surface area contributed by atoms with Crippen LogP contribution in [0.2, 0.25) is 0 Å². The van der Waals surface area contributed by atoms with Crippen LogP contribution in [-0.2, 0) is 4.79 Å². The highest BCUT2D eigenvalue weighted by Gasteiger charge is 2.35. The normalized spacial score (nSPS) is 39.8. The first-order chi connectivity index (χ1) is 9.22. The van der Waals surface area contributed by atoms with E-state index in [0.717, 1.165) is 31.8 Å². The predicted molar refractivity (Wildman–Crippen MR) is 75.9 cm³/mol. The first-order valence-electron chi connectivity index (χ1n) is 7.97. The van der Waals surface area contributed by atoms with Crippen molar-refractivity contribution in [1.29, 1.82) is 0 Å². The third kappa shape index (κ3) is 3.11. The lowest BCUT2D eigenvalue weighted by Crippen LogP contribution is -2.56. The number of likely N-dealkylation sites (tertiary alicyclic amines) is 1. The highest BCUT2D eigenvalue weighted by Crippen LogP contribution is 2.32. The summed E-state index contributed by atoms with van der Waals surface area (Å²) in [6, 6.07) is 1.03. The first-order valence-corrected chi connectivity index (χ1v) is 7.97. The largest absolute Gasteiger partial charge is 0.351 e. The lowest BCUT2D eigenvalue weighted by atomic mass is 9.77. The van der Waals surface area contributed by atoms with Crippen molar-refractivity contribution >= 4 is 5.91 Å². The van der Waals surface area contributed by atoms with Gasteiger partial charge in [-0.1, -0.05) is 12.8 Å². The Morgan fingerprint density at radius 2 is 2.00 bits per heavy atom. The second-order valence-corrected chi connectivity index (χ2v) is 6.70. The van der Waals surface area contributed by atoms with Gasteiger partial charge in [0.05, 0.1) is 6.04 Å². The lowest BCUT2D eigenvalue weighted by molar-refractivity contribution is -0.125. The van der Waals surface area contributed by atoms with Crippen molar-refractivity contribution < 1.29 is 4.79 Å². The number of hydrogen-bond acceptors (Lipinski definition) is 3. The summed E-state index contributed by atoms with van der Waals surface area (Å²) >= 11 is 0.